The molecule has 84 valence electrons. The van der Waals surface area contributed by atoms with Crippen LogP contribution in [0.15, 0.2) is 18.2 Å². The lowest BCUT2D eigenvalue weighted by Crippen LogP contribution is -2.18. The summed E-state index contributed by atoms with van der Waals surface area (Å²) in [4.78, 5) is 6.36. The van der Waals surface area contributed by atoms with Gasteiger partial charge in [0.2, 0.25) is 0 Å². The van der Waals surface area contributed by atoms with Gasteiger partial charge in [-0.15, -0.1) is 0 Å². The minimum absolute atomic E-state index is 0.445. The maximum absolute atomic E-state index is 5.91. The summed E-state index contributed by atoms with van der Waals surface area (Å²) in [5.41, 5.74) is 2.00. The maximum atomic E-state index is 5.91. The number of aromatic nitrogens is 3. The van der Waals surface area contributed by atoms with E-state index >= 15 is 0 Å². The Labute approximate surface area is 103 Å². The third kappa shape index (κ3) is 2.48. The number of nitrogens with zero attached hydrogens (tertiary/aromatic N) is 4. The molecule has 0 aromatic carbocycles. The lowest BCUT2D eigenvalue weighted by molar-refractivity contribution is 0.866. The van der Waals surface area contributed by atoms with Gasteiger partial charge in [0, 0.05) is 12.7 Å². The van der Waals surface area contributed by atoms with E-state index in [2.05, 4.69) is 13.7 Å². The van der Waals surface area contributed by atoms with E-state index in [1.165, 1.54) is 0 Å². The van der Waals surface area contributed by atoms with E-state index in [9.17, 15) is 0 Å². The van der Waals surface area contributed by atoms with Gasteiger partial charge in [-0.2, -0.15) is 8.75 Å². The molecule has 0 amide bonds. The number of hydrogen-bond donors (Lipinski definition) is 0. The fourth-order valence-electron chi connectivity index (χ4n) is 1.41. The molecule has 0 unspecified atom stereocenters. The van der Waals surface area contributed by atoms with Crippen molar-refractivity contribution in [3.8, 4) is 0 Å². The highest BCUT2D eigenvalue weighted by molar-refractivity contribution is 6.99. The van der Waals surface area contributed by atoms with Gasteiger partial charge in [-0.1, -0.05) is 17.7 Å². The van der Waals surface area contributed by atoms with Crippen LogP contribution in [0.4, 0.5) is 5.82 Å². The summed E-state index contributed by atoms with van der Waals surface area (Å²) in [7, 11) is 1.92. The van der Waals surface area contributed by atoms with Gasteiger partial charge in [0.1, 0.15) is 0 Å². The fraction of sp³-hybridized carbons (Fsp3) is 0.300. The largest absolute Gasteiger partial charge is 0.350 e. The van der Waals surface area contributed by atoms with Gasteiger partial charge in [0.05, 0.1) is 24.0 Å². The minimum Gasteiger partial charge on any atom is -0.350 e. The highest BCUT2D eigenvalue weighted by Crippen LogP contribution is 2.22. The Kier molecular flexibility index (Phi) is 3.36. The first-order valence-electron chi connectivity index (χ1n) is 4.78. The molecule has 0 aliphatic carbocycles. The van der Waals surface area contributed by atoms with Crippen LogP contribution in [0.3, 0.4) is 0 Å². The summed E-state index contributed by atoms with van der Waals surface area (Å²) in [5, 5.41) is 0.445. The third-order valence-corrected chi connectivity index (χ3v) is 3.01. The molecule has 0 bridgehead atoms. The van der Waals surface area contributed by atoms with Crippen LogP contribution >= 0.6 is 23.3 Å². The van der Waals surface area contributed by atoms with Crippen LogP contribution < -0.4 is 4.90 Å². The van der Waals surface area contributed by atoms with E-state index in [1.54, 1.807) is 0 Å². The van der Waals surface area contributed by atoms with Crippen LogP contribution in [-0.2, 0) is 6.54 Å². The van der Waals surface area contributed by atoms with Crippen molar-refractivity contribution in [3.63, 3.8) is 0 Å². The quantitative estimate of drug-likeness (QED) is 0.844. The van der Waals surface area contributed by atoms with Gasteiger partial charge in [0.25, 0.3) is 0 Å². The molecule has 6 heteroatoms. The second kappa shape index (κ2) is 4.76. The first-order valence-corrected chi connectivity index (χ1v) is 5.89. The molecule has 16 heavy (non-hydrogen) atoms. The van der Waals surface area contributed by atoms with Gasteiger partial charge in [0.15, 0.2) is 11.0 Å². The first kappa shape index (κ1) is 11.3. The van der Waals surface area contributed by atoms with Crippen LogP contribution in [0.2, 0.25) is 5.15 Å². The molecule has 0 N–H and O–H groups in total. The molecule has 2 aromatic heterocycles. The Morgan fingerprint density at radius 3 is 2.81 bits per heavy atom. The van der Waals surface area contributed by atoms with E-state index in [-0.39, 0.29) is 0 Å². The minimum atomic E-state index is 0.445. The lowest BCUT2D eigenvalue weighted by Gasteiger charge is -2.15. The van der Waals surface area contributed by atoms with Crippen LogP contribution in [0.1, 0.15) is 11.4 Å². The summed E-state index contributed by atoms with van der Waals surface area (Å²) in [6.45, 7) is 2.65. The molecule has 2 rings (SSSR count). The van der Waals surface area contributed by atoms with Gasteiger partial charge in [-0.25, -0.2) is 0 Å². The van der Waals surface area contributed by atoms with Crippen LogP contribution in [0.5, 0.6) is 0 Å². The van der Waals surface area contributed by atoms with Crippen molar-refractivity contribution in [2.75, 3.05) is 11.9 Å². The molecular formula is C10H11ClN4S. The van der Waals surface area contributed by atoms with Gasteiger partial charge < -0.3 is 4.90 Å². The van der Waals surface area contributed by atoms with E-state index in [4.69, 9.17) is 11.6 Å². The zero-order valence-electron chi connectivity index (χ0n) is 9.01. The fourth-order valence-corrected chi connectivity index (χ4v) is 2.23. The molecular weight excluding hydrogens is 244 g/mol. The molecule has 4 nitrogen and oxygen atoms in total. The van der Waals surface area contributed by atoms with Gasteiger partial charge in [-0.3, -0.25) is 4.98 Å². The van der Waals surface area contributed by atoms with E-state index in [0.717, 1.165) is 23.1 Å². The summed E-state index contributed by atoms with van der Waals surface area (Å²) < 4.78 is 8.06. The summed E-state index contributed by atoms with van der Waals surface area (Å²) in [6, 6.07) is 5.95. The smallest absolute Gasteiger partial charge is 0.187 e. The average molecular weight is 255 g/mol. The monoisotopic (exact) mass is 254 g/mol. The molecule has 0 aliphatic rings. The molecule has 0 spiro atoms. The zero-order valence-corrected chi connectivity index (χ0v) is 10.6. The van der Waals surface area contributed by atoms with E-state index in [1.807, 2.05) is 37.1 Å². The second-order valence-electron chi connectivity index (χ2n) is 3.51. The van der Waals surface area contributed by atoms with Crippen molar-refractivity contribution in [2.24, 2.45) is 0 Å². The van der Waals surface area contributed by atoms with Crippen molar-refractivity contribution in [3.05, 3.63) is 34.7 Å². The Balaban J connectivity index is 2.14. The molecule has 0 radical (unpaired) electrons. The number of pyridine rings is 1. The van der Waals surface area contributed by atoms with Gasteiger partial charge >= 0.3 is 0 Å². The van der Waals surface area contributed by atoms with Crippen LogP contribution in [0.25, 0.3) is 0 Å². The van der Waals surface area contributed by atoms with E-state index < -0.39 is 0 Å². The Morgan fingerprint density at radius 1 is 1.38 bits per heavy atom. The number of halogens is 1. The van der Waals surface area contributed by atoms with Crippen molar-refractivity contribution in [1.82, 2.24) is 13.7 Å². The standard InChI is InChI=1S/C10H11ClN4S/c1-7-4-3-5-8(12-7)6-15(2)10-9(11)13-16-14-10/h3-5H,6H2,1-2H3. The molecule has 0 aliphatic heterocycles. The lowest BCUT2D eigenvalue weighted by atomic mass is 10.3. The summed E-state index contributed by atoms with van der Waals surface area (Å²) in [6.07, 6.45) is 0. The van der Waals surface area contributed by atoms with Crippen molar-refractivity contribution >= 4 is 29.1 Å². The van der Waals surface area contributed by atoms with Crippen LogP contribution in [-0.4, -0.2) is 20.8 Å². The zero-order chi connectivity index (χ0) is 11.5. The van der Waals surface area contributed by atoms with Crippen LogP contribution in [0, 0.1) is 6.92 Å². The van der Waals surface area contributed by atoms with Crippen molar-refractivity contribution in [1.29, 1.82) is 0 Å². The Hall–Kier alpha value is -1.20. The van der Waals surface area contributed by atoms with Crippen molar-refractivity contribution in [2.45, 2.75) is 13.5 Å². The predicted molar refractivity (Wildman–Crippen MR) is 66.0 cm³/mol. The Morgan fingerprint density at radius 2 is 2.19 bits per heavy atom. The first-order chi connectivity index (χ1) is 7.66. The molecule has 0 fully saturated rings. The number of anilines is 1. The molecule has 0 saturated carbocycles. The summed E-state index contributed by atoms with van der Waals surface area (Å²) in [5.74, 6) is 0.704. The maximum Gasteiger partial charge on any atom is 0.187 e. The number of aryl methyl sites for hydroxylation is 1. The van der Waals surface area contributed by atoms with Gasteiger partial charge in [-0.05, 0) is 19.1 Å². The highest BCUT2D eigenvalue weighted by atomic mass is 35.5. The molecule has 2 aromatic rings. The number of rotatable bonds is 3. The summed E-state index contributed by atoms with van der Waals surface area (Å²) >= 11 is 7.02. The predicted octanol–water partition coefficient (Wildman–Crippen LogP) is 2.53. The normalized spacial score (nSPS) is 10.4. The van der Waals surface area contributed by atoms with E-state index in [0.29, 0.717) is 17.5 Å². The van der Waals surface area contributed by atoms with Crippen molar-refractivity contribution < 1.29 is 0 Å². The topological polar surface area (TPSA) is 41.9 Å². The second-order valence-corrected chi connectivity index (χ2v) is 4.39. The third-order valence-electron chi connectivity index (χ3n) is 2.14. The molecule has 2 heterocycles. The molecule has 0 saturated heterocycles. The highest BCUT2D eigenvalue weighted by Gasteiger charge is 2.11. The SMILES string of the molecule is Cc1cccc(CN(C)c2nsnc2Cl)n1. The number of hydrogen-bond acceptors (Lipinski definition) is 5. The Bertz CT molecular complexity index is 485. The molecule has 0 atom stereocenters. The average Bonchev–Trinajstić information content (AvgIpc) is 2.64.